The third-order valence-electron chi connectivity index (χ3n) is 3.06. The molecule has 7 heteroatoms. The number of hydrogen-bond acceptors (Lipinski definition) is 5. The molecule has 0 saturated carbocycles. The Labute approximate surface area is 148 Å². The van der Waals surface area contributed by atoms with Crippen LogP contribution in [-0.4, -0.2) is 9.97 Å². The number of nitrogens with one attached hydrogen (secondary N) is 2. The number of hydrogen-bond donors (Lipinski definition) is 2. The fraction of sp³-hybridized carbons (Fsp3) is 0. The van der Waals surface area contributed by atoms with Gasteiger partial charge < -0.3 is 10.6 Å². The zero-order valence-corrected chi connectivity index (χ0v) is 13.8. The molecule has 2 aromatic carbocycles. The third-order valence-corrected chi connectivity index (χ3v) is 3.53. The highest BCUT2D eigenvalue weighted by atomic mass is 35.5. The largest absolute Gasteiger partial charge is 0.339 e. The highest BCUT2D eigenvalue weighted by molar-refractivity contribution is 6.31. The molecule has 0 radical (unpaired) electrons. The van der Waals surface area contributed by atoms with Gasteiger partial charge in [0.05, 0.1) is 6.20 Å². The summed E-state index contributed by atoms with van der Waals surface area (Å²) in [6.07, 6.45) is 1.49. The van der Waals surface area contributed by atoms with Gasteiger partial charge in [0.25, 0.3) is 0 Å². The molecule has 1 aromatic heterocycles. The number of nitrogens with zero attached hydrogens (tertiary/aromatic N) is 3. The van der Waals surface area contributed by atoms with Crippen molar-refractivity contribution in [2.24, 2.45) is 0 Å². The van der Waals surface area contributed by atoms with Crippen molar-refractivity contribution in [1.29, 1.82) is 5.26 Å². The van der Waals surface area contributed by atoms with Gasteiger partial charge in [-0.15, -0.1) is 0 Å². The summed E-state index contributed by atoms with van der Waals surface area (Å²) in [5, 5.41) is 16.6. The number of benzene rings is 2. The van der Waals surface area contributed by atoms with Gasteiger partial charge in [-0.05, 0) is 36.4 Å². The molecular formula is C17H11Cl2N5. The fourth-order valence-electron chi connectivity index (χ4n) is 2.04. The van der Waals surface area contributed by atoms with Crippen molar-refractivity contribution in [3.63, 3.8) is 0 Å². The number of halogens is 2. The van der Waals surface area contributed by atoms with Crippen LogP contribution in [0.5, 0.6) is 0 Å². The second-order valence-electron chi connectivity index (χ2n) is 4.83. The Morgan fingerprint density at radius 1 is 0.917 bits per heavy atom. The molecule has 0 bridgehead atoms. The van der Waals surface area contributed by atoms with Gasteiger partial charge in [-0.1, -0.05) is 35.3 Å². The molecule has 3 aromatic rings. The summed E-state index contributed by atoms with van der Waals surface area (Å²) in [5.74, 6) is 0.826. The molecule has 0 saturated heterocycles. The summed E-state index contributed by atoms with van der Waals surface area (Å²) >= 11 is 11.9. The predicted octanol–water partition coefficient (Wildman–Crippen LogP) is 5.14. The minimum atomic E-state index is 0.187. The first-order chi connectivity index (χ1) is 11.6. The van der Waals surface area contributed by atoms with E-state index in [2.05, 4.69) is 20.6 Å². The van der Waals surface area contributed by atoms with Crippen LogP contribution in [0, 0.1) is 11.3 Å². The molecular weight excluding hydrogens is 345 g/mol. The molecule has 0 atom stereocenters. The quantitative estimate of drug-likeness (QED) is 0.677. The average Bonchev–Trinajstić information content (AvgIpc) is 2.55. The molecule has 24 heavy (non-hydrogen) atoms. The van der Waals surface area contributed by atoms with Crippen LogP contribution >= 0.6 is 23.2 Å². The Kier molecular flexibility index (Phi) is 4.80. The van der Waals surface area contributed by atoms with Gasteiger partial charge in [0.15, 0.2) is 17.3 Å². The number of nitriles is 1. The van der Waals surface area contributed by atoms with Gasteiger partial charge in [-0.2, -0.15) is 5.26 Å². The van der Waals surface area contributed by atoms with Crippen LogP contribution in [0.1, 0.15) is 5.69 Å². The number of rotatable bonds is 4. The highest BCUT2D eigenvalue weighted by Gasteiger charge is 2.08. The smallest absolute Gasteiger partial charge is 0.183 e. The van der Waals surface area contributed by atoms with Gasteiger partial charge in [-0.25, -0.2) is 9.97 Å². The average molecular weight is 356 g/mol. The second-order valence-corrected chi connectivity index (χ2v) is 5.71. The van der Waals surface area contributed by atoms with Crippen LogP contribution in [0.15, 0.2) is 54.7 Å². The highest BCUT2D eigenvalue weighted by Crippen LogP contribution is 2.23. The Hall–Kier alpha value is -2.81. The molecule has 3 rings (SSSR count). The first kappa shape index (κ1) is 16.1. The van der Waals surface area contributed by atoms with E-state index in [9.17, 15) is 5.26 Å². The van der Waals surface area contributed by atoms with Crippen LogP contribution in [0.2, 0.25) is 10.0 Å². The molecule has 0 spiro atoms. The minimum Gasteiger partial charge on any atom is -0.339 e. The van der Waals surface area contributed by atoms with Crippen molar-refractivity contribution in [1.82, 2.24) is 9.97 Å². The van der Waals surface area contributed by atoms with Crippen LogP contribution in [-0.2, 0) is 0 Å². The Balaban J connectivity index is 1.89. The molecule has 0 unspecified atom stereocenters. The second kappa shape index (κ2) is 7.18. The Morgan fingerprint density at radius 2 is 1.54 bits per heavy atom. The van der Waals surface area contributed by atoms with E-state index in [0.29, 0.717) is 27.4 Å². The molecule has 118 valence electrons. The van der Waals surface area contributed by atoms with Crippen LogP contribution < -0.4 is 10.6 Å². The SMILES string of the molecule is N#Cc1ncc(Nc2cccc(Cl)c2)nc1Nc1cccc(Cl)c1. The lowest BCUT2D eigenvalue weighted by atomic mass is 10.3. The standard InChI is InChI=1S/C17H11Cl2N5/c18-11-3-1-5-13(7-11)22-16-10-21-15(9-20)17(24-16)23-14-6-2-4-12(19)8-14/h1-8,10H,(H2,22,23,24). The zero-order chi connectivity index (χ0) is 16.9. The lowest BCUT2D eigenvalue weighted by molar-refractivity contribution is 1.16. The van der Waals surface area contributed by atoms with Crippen molar-refractivity contribution in [3.05, 3.63) is 70.5 Å². The van der Waals surface area contributed by atoms with Crippen LogP contribution in [0.25, 0.3) is 0 Å². The fourth-order valence-corrected chi connectivity index (χ4v) is 2.42. The first-order valence-electron chi connectivity index (χ1n) is 6.96. The summed E-state index contributed by atoms with van der Waals surface area (Å²) in [6, 6.07) is 16.4. The van der Waals surface area contributed by atoms with E-state index in [4.69, 9.17) is 23.2 Å². The third kappa shape index (κ3) is 3.93. The van der Waals surface area contributed by atoms with E-state index < -0.39 is 0 Å². The molecule has 0 fully saturated rings. The predicted molar refractivity (Wildman–Crippen MR) is 96.2 cm³/mol. The summed E-state index contributed by atoms with van der Waals surface area (Å²) in [5.41, 5.74) is 1.68. The first-order valence-corrected chi connectivity index (χ1v) is 7.72. The molecule has 0 amide bonds. The van der Waals surface area contributed by atoms with E-state index in [1.54, 1.807) is 30.3 Å². The summed E-state index contributed by atoms with van der Waals surface area (Å²) < 4.78 is 0. The van der Waals surface area contributed by atoms with E-state index in [1.165, 1.54) is 6.20 Å². The van der Waals surface area contributed by atoms with Crippen LogP contribution in [0.4, 0.5) is 23.0 Å². The Bertz CT molecular complexity index is 921. The maximum absolute atomic E-state index is 9.21. The van der Waals surface area contributed by atoms with Crippen molar-refractivity contribution >= 4 is 46.2 Å². The van der Waals surface area contributed by atoms with Crippen LogP contribution in [0.3, 0.4) is 0 Å². The topological polar surface area (TPSA) is 73.6 Å². The van der Waals surface area contributed by atoms with E-state index >= 15 is 0 Å². The summed E-state index contributed by atoms with van der Waals surface area (Å²) in [4.78, 5) is 8.52. The Morgan fingerprint density at radius 3 is 2.12 bits per heavy atom. The summed E-state index contributed by atoms with van der Waals surface area (Å²) in [6.45, 7) is 0. The maximum atomic E-state index is 9.21. The summed E-state index contributed by atoms with van der Waals surface area (Å²) in [7, 11) is 0. The molecule has 0 aliphatic carbocycles. The van der Waals surface area contributed by atoms with Crippen molar-refractivity contribution in [2.75, 3.05) is 10.6 Å². The lowest BCUT2D eigenvalue weighted by Crippen LogP contribution is -2.03. The lowest BCUT2D eigenvalue weighted by Gasteiger charge is -2.10. The van der Waals surface area contributed by atoms with Gasteiger partial charge in [0.1, 0.15) is 6.07 Å². The number of aromatic nitrogens is 2. The van der Waals surface area contributed by atoms with Gasteiger partial charge >= 0.3 is 0 Å². The van der Waals surface area contributed by atoms with Crippen molar-refractivity contribution in [3.8, 4) is 6.07 Å². The molecule has 5 nitrogen and oxygen atoms in total. The zero-order valence-electron chi connectivity index (χ0n) is 12.3. The number of anilines is 4. The van der Waals surface area contributed by atoms with Gasteiger partial charge in [-0.3, -0.25) is 0 Å². The molecule has 0 aliphatic heterocycles. The van der Waals surface area contributed by atoms with Crippen molar-refractivity contribution < 1.29 is 0 Å². The maximum Gasteiger partial charge on any atom is 0.183 e. The van der Waals surface area contributed by atoms with E-state index in [-0.39, 0.29) is 5.69 Å². The van der Waals surface area contributed by atoms with Gasteiger partial charge in [0.2, 0.25) is 0 Å². The van der Waals surface area contributed by atoms with E-state index in [0.717, 1.165) is 5.69 Å². The normalized spacial score (nSPS) is 10.0. The minimum absolute atomic E-state index is 0.187. The van der Waals surface area contributed by atoms with E-state index in [1.807, 2.05) is 24.3 Å². The molecule has 2 N–H and O–H groups in total. The van der Waals surface area contributed by atoms with Gasteiger partial charge in [0, 0.05) is 21.4 Å². The molecule has 1 heterocycles. The molecule has 0 aliphatic rings. The van der Waals surface area contributed by atoms with Crippen molar-refractivity contribution in [2.45, 2.75) is 0 Å². The monoisotopic (exact) mass is 355 g/mol.